The summed E-state index contributed by atoms with van der Waals surface area (Å²) in [6.45, 7) is 11.5. The molecule has 1 atom stereocenters. The van der Waals surface area contributed by atoms with Gasteiger partial charge >= 0.3 is 0 Å². The summed E-state index contributed by atoms with van der Waals surface area (Å²) >= 11 is 0. The van der Waals surface area contributed by atoms with Gasteiger partial charge in [0.05, 0.1) is 6.04 Å². The first-order chi connectivity index (χ1) is 10.7. The number of aryl methyl sites for hydroxylation is 2. The number of piperidine rings is 1. The zero-order valence-electron chi connectivity index (χ0n) is 14.4. The minimum Gasteiger partial charge on any atom is -0.304 e. The van der Waals surface area contributed by atoms with Crippen molar-refractivity contribution in [3.05, 3.63) is 11.6 Å². The summed E-state index contributed by atoms with van der Waals surface area (Å²) < 4.78 is 2.13. The molecule has 3 heterocycles. The normalized spacial score (nSPS) is 23.9. The molecule has 2 aliphatic heterocycles. The summed E-state index contributed by atoms with van der Waals surface area (Å²) in [5.74, 6) is 2.94. The maximum Gasteiger partial charge on any atom is 0.150 e. The van der Waals surface area contributed by atoms with Gasteiger partial charge in [0.25, 0.3) is 0 Å². The first-order valence-electron chi connectivity index (χ1n) is 9.07. The number of rotatable bonds is 5. The zero-order valence-corrected chi connectivity index (χ0v) is 14.4. The molecule has 0 saturated carbocycles. The standard InChI is InChI=1S/C17H31N5/c1-4-16-19-17-15(6-5-9-22(17)20-16)18-14-7-10-21(11-8-14)12-13(2)3/h13-15,18H,4-12H2,1-3H3. The molecule has 1 aromatic heterocycles. The van der Waals surface area contributed by atoms with E-state index in [9.17, 15) is 0 Å². The molecule has 22 heavy (non-hydrogen) atoms. The minimum absolute atomic E-state index is 0.406. The second-order valence-corrected chi connectivity index (χ2v) is 7.29. The molecule has 1 saturated heterocycles. The Morgan fingerprint density at radius 3 is 2.64 bits per heavy atom. The molecule has 0 bridgehead atoms. The fourth-order valence-electron chi connectivity index (χ4n) is 3.79. The van der Waals surface area contributed by atoms with E-state index in [4.69, 9.17) is 4.98 Å². The van der Waals surface area contributed by atoms with Crippen molar-refractivity contribution < 1.29 is 0 Å². The molecular formula is C17H31N5. The van der Waals surface area contributed by atoms with Gasteiger partial charge in [-0.05, 0) is 44.7 Å². The largest absolute Gasteiger partial charge is 0.304 e. The average molecular weight is 305 g/mol. The Hall–Kier alpha value is -0.940. The molecule has 0 aliphatic carbocycles. The molecule has 2 aliphatic rings. The van der Waals surface area contributed by atoms with Crippen molar-refractivity contribution >= 4 is 0 Å². The Bertz CT molecular complexity index is 473. The lowest BCUT2D eigenvalue weighted by Gasteiger charge is -2.36. The zero-order chi connectivity index (χ0) is 15.5. The molecule has 1 fully saturated rings. The van der Waals surface area contributed by atoms with E-state index < -0.39 is 0 Å². The Morgan fingerprint density at radius 2 is 1.95 bits per heavy atom. The third kappa shape index (κ3) is 3.69. The van der Waals surface area contributed by atoms with Gasteiger partial charge < -0.3 is 10.2 Å². The van der Waals surface area contributed by atoms with E-state index in [1.54, 1.807) is 0 Å². The van der Waals surface area contributed by atoms with E-state index in [-0.39, 0.29) is 0 Å². The first kappa shape index (κ1) is 15.9. The summed E-state index contributed by atoms with van der Waals surface area (Å²) in [6.07, 6.45) is 5.87. The van der Waals surface area contributed by atoms with Gasteiger partial charge in [-0.2, -0.15) is 5.10 Å². The highest BCUT2D eigenvalue weighted by Gasteiger charge is 2.28. The van der Waals surface area contributed by atoms with Crippen LogP contribution in [0.4, 0.5) is 0 Å². The quantitative estimate of drug-likeness (QED) is 0.907. The van der Waals surface area contributed by atoms with Crippen molar-refractivity contribution in [3.63, 3.8) is 0 Å². The van der Waals surface area contributed by atoms with Gasteiger partial charge in [0.1, 0.15) is 5.82 Å². The first-order valence-corrected chi connectivity index (χ1v) is 9.07. The Kier molecular flexibility index (Phi) is 5.14. The monoisotopic (exact) mass is 305 g/mol. The Balaban J connectivity index is 1.56. The number of nitrogens with one attached hydrogen (secondary N) is 1. The molecule has 0 aromatic carbocycles. The smallest absolute Gasteiger partial charge is 0.150 e. The van der Waals surface area contributed by atoms with Crippen molar-refractivity contribution in [2.24, 2.45) is 5.92 Å². The predicted octanol–water partition coefficient (Wildman–Crippen LogP) is 2.39. The lowest BCUT2D eigenvalue weighted by atomic mass is 10.00. The minimum atomic E-state index is 0.406. The van der Waals surface area contributed by atoms with E-state index in [0.717, 1.165) is 24.7 Å². The van der Waals surface area contributed by atoms with Gasteiger partial charge in [0, 0.05) is 25.6 Å². The van der Waals surface area contributed by atoms with Gasteiger partial charge in [-0.25, -0.2) is 9.67 Å². The molecule has 5 nitrogen and oxygen atoms in total. The number of fused-ring (bicyclic) bond motifs is 1. The van der Waals surface area contributed by atoms with E-state index in [1.807, 2.05) is 0 Å². The Labute approximate surface area is 134 Å². The lowest BCUT2D eigenvalue weighted by molar-refractivity contribution is 0.169. The van der Waals surface area contributed by atoms with E-state index >= 15 is 0 Å². The SMILES string of the molecule is CCc1nc2n(n1)CCCC2NC1CCN(CC(C)C)CC1. The second kappa shape index (κ2) is 7.09. The lowest BCUT2D eigenvalue weighted by Crippen LogP contribution is -2.45. The van der Waals surface area contributed by atoms with Gasteiger partial charge in [0.15, 0.2) is 5.82 Å². The highest BCUT2D eigenvalue weighted by Crippen LogP contribution is 2.25. The number of nitrogens with zero attached hydrogens (tertiary/aromatic N) is 4. The highest BCUT2D eigenvalue weighted by atomic mass is 15.4. The fourth-order valence-corrected chi connectivity index (χ4v) is 3.79. The molecule has 3 rings (SSSR count). The van der Waals surface area contributed by atoms with Crippen LogP contribution >= 0.6 is 0 Å². The van der Waals surface area contributed by atoms with Crippen LogP contribution in [-0.4, -0.2) is 45.3 Å². The average Bonchev–Trinajstić information content (AvgIpc) is 2.93. The molecule has 0 amide bonds. The maximum atomic E-state index is 4.75. The fraction of sp³-hybridized carbons (Fsp3) is 0.882. The van der Waals surface area contributed by atoms with Crippen LogP contribution in [0, 0.1) is 5.92 Å². The van der Waals surface area contributed by atoms with Crippen molar-refractivity contribution in [3.8, 4) is 0 Å². The highest BCUT2D eigenvalue weighted by molar-refractivity contribution is 5.03. The van der Waals surface area contributed by atoms with Crippen LogP contribution < -0.4 is 5.32 Å². The third-order valence-corrected chi connectivity index (χ3v) is 4.88. The predicted molar refractivity (Wildman–Crippen MR) is 88.8 cm³/mol. The van der Waals surface area contributed by atoms with Crippen LogP contribution in [0.3, 0.4) is 0 Å². The summed E-state index contributed by atoms with van der Waals surface area (Å²) in [4.78, 5) is 7.36. The molecule has 5 heteroatoms. The van der Waals surface area contributed by atoms with Crippen molar-refractivity contribution in [1.82, 2.24) is 25.0 Å². The van der Waals surface area contributed by atoms with E-state index in [2.05, 4.69) is 40.8 Å². The second-order valence-electron chi connectivity index (χ2n) is 7.29. The Morgan fingerprint density at radius 1 is 1.18 bits per heavy atom. The van der Waals surface area contributed by atoms with Crippen molar-refractivity contribution in [1.29, 1.82) is 0 Å². The summed E-state index contributed by atoms with van der Waals surface area (Å²) in [5.41, 5.74) is 0. The number of hydrogen-bond acceptors (Lipinski definition) is 4. The topological polar surface area (TPSA) is 46.0 Å². The number of likely N-dealkylation sites (tertiary alicyclic amines) is 1. The third-order valence-electron chi connectivity index (χ3n) is 4.88. The van der Waals surface area contributed by atoms with Crippen LogP contribution in [-0.2, 0) is 13.0 Å². The summed E-state index contributed by atoms with van der Waals surface area (Å²) in [5, 5.41) is 8.49. The van der Waals surface area contributed by atoms with Gasteiger partial charge in [0.2, 0.25) is 0 Å². The molecule has 1 aromatic rings. The van der Waals surface area contributed by atoms with Crippen LogP contribution in [0.5, 0.6) is 0 Å². The maximum absolute atomic E-state index is 4.75. The van der Waals surface area contributed by atoms with Crippen LogP contribution in [0.15, 0.2) is 0 Å². The summed E-state index contributed by atoms with van der Waals surface area (Å²) in [6, 6.07) is 1.05. The van der Waals surface area contributed by atoms with E-state index in [1.165, 1.54) is 51.1 Å². The molecule has 1 unspecified atom stereocenters. The molecule has 0 spiro atoms. The van der Waals surface area contributed by atoms with Gasteiger partial charge in [-0.3, -0.25) is 0 Å². The van der Waals surface area contributed by atoms with Crippen LogP contribution in [0.25, 0.3) is 0 Å². The van der Waals surface area contributed by atoms with Crippen LogP contribution in [0.1, 0.15) is 64.1 Å². The van der Waals surface area contributed by atoms with Gasteiger partial charge in [-0.1, -0.05) is 20.8 Å². The molecule has 124 valence electrons. The van der Waals surface area contributed by atoms with Crippen LogP contribution in [0.2, 0.25) is 0 Å². The van der Waals surface area contributed by atoms with E-state index in [0.29, 0.717) is 12.1 Å². The molecule has 1 N–H and O–H groups in total. The van der Waals surface area contributed by atoms with Crippen molar-refractivity contribution in [2.75, 3.05) is 19.6 Å². The number of aromatic nitrogens is 3. The molecular weight excluding hydrogens is 274 g/mol. The molecule has 0 radical (unpaired) electrons. The van der Waals surface area contributed by atoms with Gasteiger partial charge in [-0.15, -0.1) is 0 Å². The summed E-state index contributed by atoms with van der Waals surface area (Å²) in [7, 11) is 0. The van der Waals surface area contributed by atoms with Crippen molar-refractivity contribution in [2.45, 2.75) is 71.5 Å². The number of hydrogen-bond donors (Lipinski definition) is 1.